The van der Waals surface area contributed by atoms with Crippen molar-refractivity contribution in [1.82, 2.24) is 9.80 Å². The van der Waals surface area contributed by atoms with Gasteiger partial charge in [-0.15, -0.1) is 0 Å². The molecule has 0 aromatic heterocycles. The molecule has 1 unspecified atom stereocenters. The van der Waals surface area contributed by atoms with Gasteiger partial charge in [0, 0.05) is 49.4 Å². The van der Waals surface area contributed by atoms with Crippen molar-refractivity contribution < 1.29 is 18.3 Å². The van der Waals surface area contributed by atoms with Crippen molar-refractivity contribution in [2.24, 2.45) is 0 Å². The van der Waals surface area contributed by atoms with Crippen LogP contribution in [0.5, 0.6) is 0 Å². The molecule has 0 spiro atoms. The molecule has 0 radical (unpaired) electrons. The lowest BCUT2D eigenvalue weighted by molar-refractivity contribution is -0.128. The van der Waals surface area contributed by atoms with Crippen LogP contribution in [-0.4, -0.2) is 48.4 Å². The maximum Gasteiger partial charge on any atom is 0.246 e. The van der Waals surface area contributed by atoms with Crippen LogP contribution in [0, 0.1) is 11.6 Å². The van der Waals surface area contributed by atoms with E-state index in [9.17, 15) is 13.6 Å². The minimum absolute atomic E-state index is 0.0279. The summed E-state index contributed by atoms with van der Waals surface area (Å²) in [6.07, 6.45) is 1.26. The maximum atomic E-state index is 14.0. The quantitative estimate of drug-likeness (QED) is 0.559. The predicted octanol–water partition coefficient (Wildman–Crippen LogP) is 4.99. The smallest absolute Gasteiger partial charge is 0.246 e. The van der Waals surface area contributed by atoms with Gasteiger partial charge in [0.25, 0.3) is 0 Å². The number of nitrogens with zero attached hydrogens (tertiary/aromatic N) is 2. The van der Waals surface area contributed by atoms with Gasteiger partial charge < -0.3 is 9.64 Å². The number of amides is 1. The molecule has 0 N–H and O–H groups in total. The Balaban J connectivity index is 1.67. The average Bonchev–Trinajstić information content (AvgIpc) is 2.73. The van der Waals surface area contributed by atoms with Gasteiger partial charge in [0.05, 0.1) is 12.7 Å². The van der Waals surface area contributed by atoms with E-state index in [0.29, 0.717) is 37.7 Å². The van der Waals surface area contributed by atoms with Crippen LogP contribution in [0.4, 0.5) is 8.78 Å². The minimum atomic E-state index is -0.624. The molecule has 0 saturated carbocycles. The van der Waals surface area contributed by atoms with E-state index in [1.165, 1.54) is 18.2 Å². The number of carbonyl (C=O) groups is 1. The molecule has 0 aliphatic carbocycles. The Morgan fingerprint density at radius 2 is 1.68 bits per heavy atom. The van der Waals surface area contributed by atoms with Crippen LogP contribution in [0.15, 0.2) is 54.1 Å². The predicted molar refractivity (Wildman–Crippen MR) is 118 cm³/mol. The SMILES string of the molecule is CC(C)=CC(=O)N1CCN(CC(OCc2c(F)cccc2F)c2ccc(Cl)cc2)CC1. The Kier molecular flexibility index (Phi) is 8.18. The molecule has 1 aliphatic heterocycles. The summed E-state index contributed by atoms with van der Waals surface area (Å²) in [6.45, 7) is 6.82. The van der Waals surface area contributed by atoms with Gasteiger partial charge in [0.2, 0.25) is 5.91 Å². The Labute approximate surface area is 187 Å². The fourth-order valence-corrected chi connectivity index (χ4v) is 3.64. The van der Waals surface area contributed by atoms with Crippen LogP contribution in [-0.2, 0) is 16.1 Å². The Bertz CT molecular complexity index is 901. The third-order valence-corrected chi connectivity index (χ3v) is 5.50. The highest BCUT2D eigenvalue weighted by Gasteiger charge is 2.24. The van der Waals surface area contributed by atoms with Gasteiger partial charge in [-0.1, -0.05) is 35.4 Å². The Morgan fingerprint density at radius 3 is 2.26 bits per heavy atom. The number of halogens is 3. The highest BCUT2D eigenvalue weighted by molar-refractivity contribution is 6.30. The number of piperazine rings is 1. The molecule has 166 valence electrons. The van der Waals surface area contributed by atoms with E-state index in [0.717, 1.165) is 11.1 Å². The lowest BCUT2D eigenvalue weighted by Crippen LogP contribution is -2.49. The van der Waals surface area contributed by atoms with Crippen molar-refractivity contribution in [2.45, 2.75) is 26.6 Å². The summed E-state index contributed by atoms with van der Waals surface area (Å²) in [5, 5.41) is 0.606. The van der Waals surface area contributed by atoms with E-state index >= 15 is 0 Å². The molecule has 7 heteroatoms. The summed E-state index contributed by atoms with van der Waals surface area (Å²) in [5.74, 6) is -1.22. The molecule has 0 bridgehead atoms. The van der Waals surface area contributed by atoms with E-state index in [2.05, 4.69) is 4.90 Å². The van der Waals surface area contributed by atoms with E-state index in [1.54, 1.807) is 18.2 Å². The molecular weight excluding hydrogens is 422 g/mol. The molecule has 1 atom stereocenters. The van der Waals surface area contributed by atoms with E-state index in [1.807, 2.05) is 30.9 Å². The van der Waals surface area contributed by atoms with Gasteiger partial charge >= 0.3 is 0 Å². The molecule has 3 rings (SSSR count). The lowest BCUT2D eigenvalue weighted by atomic mass is 10.1. The Hall–Kier alpha value is -2.28. The fraction of sp³-hybridized carbons (Fsp3) is 0.375. The second-order valence-corrected chi connectivity index (χ2v) is 8.34. The van der Waals surface area contributed by atoms with Crippen LogP contribution < -0.4 is 0 Å². The zero-order valence-electron chi connectivity index (χ0n) is 17.8. The van der Waals surface area contributed by atoms with Gasteiger partial charge in [0.1, 0.15) is 11.6 Å². The van der Waals surface area contributed by atoms with Crippen molar-refractivity contribution in [3.8, 4) is 0 Å². The number of allylic oxidation sites excluding steroid dienone is 1. The topological polar surface area (TPSA) is 32.8 Å². The van der Waals surface area contributed by atoms with Gasteiger partial charge in [-0.25, -0.2) is 8.78 Å². The number of benzene rings is 2. The molecule has 2 aromatic carbocycles. The molecule has 31 heavy (non-hydrogen) atoms. The molecule has 1 saturated heterocycles. The first-order valence-electron chi connectivity index (χ1n) is 10.3. The van der Waals surface area contributed by atoms with Gasteiger partial charge in [0.15, 0.2) is 0 Å². The first kappa shape index (κ1) is 23.4. The largest absolute Gasteiger partial charge is 0.367 e. The third-order valence-electron chi connectivity index (χ3n) is 5.25. The normalized spacial score (nSPS) is 15.6. The highest BCUT2D eigenvalue weighted by Crippen LogP contribution is 2.24. The summed E-state index contributed by atoms with van der Waals surface area (Å²) in [7, 11) is 0. The molecular formula is C24H27ClF2N2O2. The summed E-state index contributed by atoms with van der Waals surface area (Å²) < 4.78 is 34.1. The third kappa shape index (κ3) is 6.60. The summed E-state index contributed by atoms with van der Waals surface area (Å²) in [4.78, 5) is 16.3. The second-order valence-electron chi connectivity index (χ2n) is 7.90. The molecule has 1 amide bonds. The average molecular weight is 449 g/mol. The Morgan fingerprint density at radius 1 is 1.06 bits per heavy atom. The van der Waals surface area contributed by atoms with Crippen molar-refractivity contribution in [3.63, 3.8) is 0 Å². The van der Waals surface area contributed by atoms with Crippen LogP contribution in [0.2, 0.25) is 5.02 Å². The zero-order chi connectivity index (χ0) is 22.4. The van der Waals surface area contributed by atoms with Crippen LogP contribution in [0.25, 0.3) is 0 Å². The molecule has 2 aromatic rings. The van der Waals surface area contributed by atoms with Gasteiger partial charge in [-0.2, -0.15) is 0 Å². The number of ether oxygens (including phenoxy) is 1. The first-order valence-corrected chi connectivity index (χ1v) is 10.7. The van der Waals surface area contributed by atoms with E-state index in [-0.39, 0.29) is 18.1 Å². The van der Waals surface area contributed by atoms with Gasteiger partial charge in [-0.05, 0) is 43.7 Å². The van der Waals surface area contributed by atoms with Gasteiger partial charge in [-0.3, -0.25) is 9.69 Å². The monoisotopic (exact) mass is 448 g/mol. The zero-order valence-corrected chi connectivity index (χ0v) is 18.5. The number of rotatable bonds is 7. The number of hydrogen-bond acceptors (Lipinski definition) is 3. The van der Waals surface area contributed by atoms with Crippen molar-refractivity contribution >= 4 is 17.5 Å². The van der Waals surface area contributed by atoms with Crippen LogP contribution >= 0.6 is 11.6 Å². The maximum absolute atomic E-state index is 14.0. The number of hydrogen-bond donors (Lipinski definition) is 0. The lowest BCUT2D eigenvalue weighted by Gasteiger charge is -2.36. The molecule has 1 aliphatic rings. The summed E-state index contributed by atoms with van der Waals surface area (Å²) in [6, 6.07) is 11.0. The summed E-state index contributed by atoms with van der Waals surface area (Å²) >= 11 is 6.01. The molecule has 4 nitrogen and oxygen atoms in total. The molecule has 1 fully saturated rings. The van der Waals surface area contributed by atoms with Crippen LogP contribution in [0.1, 0.15) is 31.1 Å². The van der Waals surface area contributed by atoms with E-state index in [4.69, 9.17) is 16.3 Å². The second kappa shape index (κ2) is 10.8. The molecule has 1 heterocycles. The standard InChI is InChI=1S/C24H27ClF2N2O2/c1-17(2)14-24(30)29-12-10-28(11-13-29)15-23(18-6-8-19(25)9-7-18)31-16-20-21(26)4-3-5-22(20)27/h3-9,14,23H,10-13,15-16H2,1-2H3. The van der Waals surface area contributed by atoms with Crippen LogP contribution in [0.3, 0.4) is 0 Å². The first-order chi connectivity index (χ1) is 14.8. The summed E-state index contributed by atoms with van der Waals surface area (Å²) in [5.41, 5.74) is 1.77. The number of carbonyl (C=O) groups excluding carboxylic acids is 1. The highest BCUT2D eigenvalue weighted by atomic mass is 35.5. The van der Waals surface area contributed by atoms with Crippen molar-refractivity contribution in [2.75, 3.05) is 32.7 Å². The minimum Gasteiger partial charge on any atom is -0.367 e. The van der Waals surface area contributed by atoms with E-state index < -0.39 is 17.7 Å². The van der Waals surface area contributed by atoms with Crippen molar-refractivity contribution in [3.05, 3.63) is 81.9 Å². The van der Waals surface area contributed by atoms with Crippen molar-refractivity contribution in [1.29, 1.82) is 0 Å². The fourth-order valence-electron chi connectivity index (χ4n) is 3.51.